The summed E-state index contributed by atoms with van der Waals surface area (Å²) in [5, 5.41) is 24.4. The highest BCUT2D eigenvalue weighted by atomic mass is 16.3. The van der Waals surface area contributed by atoms with E-state index in [1.54, 1.807) is 4.68 Å². The highest BCUT2D eigenvalue weighted by Crippen LogP contribution is 2.12. The number of β-amino-alcohol motifs (C(OH)–C–C–N with tert-alkyl or cyclic N) is 1. The first-order valence-electron chi connectivity index (χ1n) is 9.85. The zero-order valence-electron chi connectivity index (χ0n) is 15.5. The maximum absolute atomic E-state index is 12.2. The van der Waals surface area contributed by atoms with E-state index in [4.69, 9.17) is 0 Å². The van der Waals surface area contributed by atoms with Gasteiger partial charge in [0.25, 0.3) is 0 Å². The summed E-state index contributed by atoms with van der Waals surface area (Å²) in [7, 11) is 0. The summed E-state index contributed by atoms with van der Waals surface area (Å²) >= 11 is 0. The van der Waals surface area contributed by atoms with Crippen LogP contribution in [0.2, 0.25) is 0 Å². The third kappa shape index (κ3) is 6.00. The topological polar surface area (TPSA) is 99.4 Å². The monoisotopic (exact) mass is 365 g/mol. The highest BCUT2D eigenvalue weighted by molar-refractivity contribution is 5.75. The number of likely N-dealkylation sites (tertiary alicyclic amines) is 2. The molecule has 1 aromatic rings. The van der Waals surface area contributed by atoms with E-state index in [1.807, 2.05) is 0 Å². The number of piperidine rings is 1. The van der Waals surface area contributed by atoms with E-state index in [1.165, 1.54) is 25.7 Å². The largest absolute Gasteiger partial charge is 0.392 e. The van der Waals surface area contributed by atoms with Gasteiger partial charge in [0.2, 0.25) is 5.91 Å². The lowest BCUT2D eigenvalue weighted by Crippen LogP contribution is -2.43. The molecule has 9 heteroatoms. The molecule has 0 aliphatic carbocycles. The molecule has 3 heterocycles. The normalized spacial score (nSPS) is 22.9. The summed E-state index contributed by atoms with van der Waals surface area (Å²) in [5.41, 5.74) is 0. The smallest absolute Gasteiger partial charge is 0.241 e. The molecule has 146 valence electrons. The van der Waals surface area contributed by atoms with E-state index in [2.05, 4.69) is 30.6 Å². The molecule has 1 aromatic heterocycles. The van der Waals surface area contributed by atoms with E-state index < -0.39 is 0 Å². The number of rotatable bonds is 7. The number of aromatic nitrogens is 4. The second kappa shape index (κ2) is 9.94. The average Bonchev–Trinajstić information content (AvgIpc) is 2.88. The Morgan fingerprint density at radius 3 is 2.65 bits per heavy atom. The van der Waals surface area contributed by atoms with Gasteiger partial charge in [-0.2, -0.15) is 0 Å². The number of aliphatic hydroxyl groups excluding tert-OH is 1. The standard InChI is InChI=1S/C17H31N7O2/c25-15-6-5-10-23(12-15)11-7-18-17(26)14-24-16(19-20-21-24)13-22-8-3-1-2-4-9-22/h15,25H,1-14H2,(H,18,26). The zero-order chi connectivity index (χ0) is 18.2. The minimum Gasteiger partial charge on any atom is -0.392 e. The summed E-state index contributed by atoms with van der Waals surface area (Å²) in [4.78, 5) is 16.8. The number of nitrogens with one attached hydrogen (secondary N) is 1. The zero-order valence-corrected chi connectivity index (χ0v) is 15.5. The lowest BCUT2D eigenvalue weighted by atomic mass is 10.1. The molecular weight excluding hydrogens is 334 g/mol. The Balaban J connectivity index is 1.40. The van der Waals surface area contributed by atoms with Gasteiger partial charge in [0, 0.05) is 19.6 Å². The second-order valence-electron chi connectivity index (χ2n) is 7.39. The Hall–Kier alpha value is -1.58. The van der Waals surface area contributed by atoms with Gasteiger partial charge in [0.1, 0.15) is 6.54 Å². The van der Waals surface area contributed by atoms with Gasteiger partial charge in [-0.3, -0.25) is 14.6 Å². The van der Waals surface area contributed by atoms with E-state index in [-0.39, 0.29) is 18.6 Å². The Morgan fingerprint density at radius 1 is 1.12 bits per heavy atom. The summed E-state index contributed by atoms with van der Waals surface area (Å²) < 4.78 is 1.60. The third-order valence-electron chi connectivity index (χ3n) is 5.19. The fourth-order valence-electron chi connectivity index (χ4n) is 3.73. The average molecular weight is 365 g/mol. The van der Waals surface area contributed by atoms with Crippen LogP contribution >= 0.6 is 0 Å². The van der Waals surface area contributed by atoms with Crippen LogP contribution in [0.15, 0.2) is 0 Å². The molecule has 1 atom stereocenters. The van der Waals surface area contributed by atoms with Crippen molar-refractivity contribution in [2.45, 2.75) is 57.7 Å². The molecule has 2 aliphatic rings. The minimum atomic E-state index is -0.234. The molecule has 3 rings (SSSR count). The van der Waals surface area contributed by atoms with Gasteiger partial charge >= 0.3 is 0 Å². The molecule has 0 bridgehead atoms. The lowest BCUT2D eigenvalue weighted by Gasteiger charge is -2.29. The molecule has 2 fully saturated rings. The number of tetrazole rings is 1. The second-order valence-corrected chi connectivity index (χ2v) is 7.39. The van der Waals surface area contributed by atoms with Crippen LogP contribution in [0.1, 0.15) is 44.3 Å². The van der Waals surface area contributed by atoms with Gasteiger partial charge in [-0.15, -0.1) is 5.10 Å². The number of aliphatic hydroxyl groups is 1. The highest BCUT2D eigenvalue weighted by Gasteiger charge is 2.18. The summed E-state index contributed by atoms with van der Waals surface area (Å²) in [6.45, 7) is 6.02. The predicted octanol–water partition coefficient (Wildman–Crippen LogP) is -0.378. The third-order valence-corrected chi connectivity index (χ3v) is 5.19. The molecule has 1 amide bonds. The SMILES string of the molecule is O=C(Cn1nnnc1CN1CCCCCC1)NCCN1CCCC(O)C1. The van der Waals surface area contributed by atoms with Crippen molar-refractivity contribution in [2.24, 2.45) is 0 Å². The Morgan fingerprint density at radius 2 is 1.88 bits per heavy atom. The summed E-state index contributed by atoms with van der Waals surface area (Å²) in [6.07, 6.45) is 6.67. The van der Waals surface area contributed by atoms with Crippen molar-refractivity contribution in [1.82, 2.24) is 35.3 Å². The van der Waals surface area contributed by atoms with Crippen molar-refractivity contribution in [3.63, 3.8) is 0 Å². The van der Waals surface area contributed by atoms with Crippen molar-refractivity contribution < 1.29 is 9.90 Å². The van der Waals surface area contributed by atoms with Gasteiger partial charge in [-0.25, -0.2) is 4.68 Å². The quantitative estimate of drug-likeness (QED) is 0.680. The fraction of sp³-hybridized carbons (Fsp3) is 0.882. The van der Waals surface area contributed by atoms with E-state index in [0.29, 0.717) is 19.6 Å². The predicted molar refractivity (Wildman–Crippen MR) is 96.3 cm³/mol. The van der Waals surface area contributed by atoms with Crippen molar-refractivity contribution in [3.8, 4) is 0 Å². The molecule has 2 N–H and O–H groups in total. The molecule has 1 unspecified atom stereocenters. The molecule has 0 radical (unpaired) electrons. The Kier molecular flexibility index (Phi) is 7.33. The minimum absolute atomic E-state index is 0.0769. The number of hydrogen-bond donors (Lipinski definition) is 2. The first-order chi connectivity index (χ1) is 12.7. The first-order valence-corrected chi connectivity index (χ1v) is 9.85. The van der Waals surface area contributed by atoms with Crippen LogP contribution in [-0.4, -0.2) is 86.4 Å². The van der Waals surface area contributed by atoms with Gasteiger partial charge in [0.15, 0.2) is 5.82 Å². The molecule has 9 nitrogen and oxygen atoms in total. The Labute approximate surface area is 154 Å². The fourth-order valence-corrected chi connectivity index (χ4v) is 3.73. The molecule has 0 spiro atoms. The van der Waals surface area contributed by atoms with E-state index in [9.17, 15) is 9.90 Å². The molecule has 2 saturated heterocycles. The van der Waals surface area contributed by atoms with Gasteiger partial charge in [-0.1, -0.05) is 12.8 Å². The molecular formula is C17H31N7O2. The molecule has 26 heavy (non-hydrogen) atoms. The lowest BCUT2D eigenvalue weighted by molar-refractivity contribution is -0.122. The van der Waals surface area contributed by atoms with Gasteiger partial charge < -0.3 is 10.4 Å². The summed E-state index contributed by atoms with van der Waals surface area (Å²) in [5.74, 6) is 0.674. The Bertz CT molecular complexity index is 557. The van der Waals surface area contributed by atoms with Crippen LogP contribution in [0.3, 0.4) is 0 Å². The number of amides is 1. The number of carbonyl (C=O) groups excluding carboxylic acids is 1. The van der Waals surface area contributed by atoms with Crippen LogP contribution in [0.5, 0.6) is 0 Å². The van der Waals surface area contributed by atoms with Crippen LogP contribution in [0.25, 0.3) is 0 Å². The van der Waals surface area contributed by atoms with Crippen molar-refractivity contribution >= 4 is 5.91 Å². The molecule has 0 aromatic carbocycles. The van der Waals surface area contributed by atoms with Crippen LogP contribution in [0, 0.1) is 0 Å². The summed E-state index contributed by atoms with van der Waals surface area (Å²) in [6, 6.07) is 0. The maximum atomic E-state index is 12.2. The number of hydrogen-bond acceptors (Lipinski definition) is 7. The van der Waals surface area contributed by atoms with Crippen LogP contribution < -0.4 is 5.32 Å². The van der Waals surface area contributed by atoms with Crippen molar-refractivity contribution in [1.29, 1.82) is 0 Å². The maximum Gasteiger partial charge on any atom is 0.241 e. The number of nitrogens with zero attached hydrogens (tertiary/aromatic N) is 6. The van der Waals surface area contributed by atoms with Crippen molar-refractivity contribution in [3.05, 3.63) is 5.82 Å². The van der Waals surface area contributed by atoms with Gasteiger partial charge in [-0.05, 0) is 55.7 Å². The van der Waals surface area contributed by atoms with Crippen LogP contribution in [-0.2, 0) is 17.9 Å². The van der Waals surface area contributed by atoms with E-state index in [0.717, 1.165) is 44.8 Å². The van der Waals surface area contributed by atoms with E-state index >= 15 is 0 Å². The molecule has 2 aliphatic heterocycles. The van der Waals surface area contributed by atoms with Crippen molar-refractivity contribution in [2.75, 3.05) is 39.3 Å². The first kappa shape index (κ1) is 19.2. The molecule has 0 saturated carbocycles. The number of carbonyl (C=O) groups is 1. The van der Waals surface area contributed by atoms with Crippen LogP contribution in [0.4, 0.5) is 0 Å². The van der Waals surface area contributed by atoms with Gasteiger partial charge in [0.05, 0.1) is 12.6 Å².